The van der Waals surface area contributed by atoms with E-state index in [2.05, 4.69) is 20.7 Å². The van der Waals surface area contributed by atoms with Gasteiger partial charge in [0.1, 0.15) is 11.9 Å². The van der Waals surface area contributed by atoms with E-state index >= 15 is 0 Å². The van der Waals surface area contributed by atoms with Crippen LogP contribution in [0.1, 0.15) is 22.8 Å². The third kappa shape index (κ3) is 4.08. The lowest BCUT2D eigenvalue weighted by Crippen LogP contribution is -2.34. The van der Waals surface area contributed by atoms with Crippen molar-refractivity contribution in [3.05, 3.63) is 58.1 Å². The molecule has 6 nitrogen and oxygen atoms in total. The second-order valence-corrected chi connectivity index (χ2v) is 8.36. The second-order valence-electron chi connectivity index (χ2n) is 5.77. The molecule has 3 rings (SSSR count). The van der Waals surface area contributed by atoms with Gasteiger partial charge in [-0.3, -0.25) is 0 Å². The lowest BCUT2D eigenvalue weighted by Gasteiger charge is -2.13. The van der Waals surface area contributed by atoms with Crippen LogP contribution in [-0.4, -0.2) is 33.6 Å². The average molecular weight is 440 g/mol. The van der Waals surface area contributed by atoms with Crippen LogP contribution in [0.25, 0.3) is 0 Å². The summed E-state index contributed by atoms with van der Waals surface area (Å²) in [6.07, 6.45) is 0.404. The van der Waals surface area contributed by atoms with Gasteiger partial charge in [-0.25, -0.2) is 17.9 Å². The zero-order valence-electron chi connectivity index (χ0n) is 14.1. The van der Waals surface area contributed by atoms with Crippen LogP contribution in [0.5, 0.6) is 5.75 Å². The number of hydrogen-bond acceptors (Lipinski definition) is 5. The van der Waals surface area contributed by atoms with Gasteiger partial charge in [0.05, 0.1) is 17.1 Å². The fourth-order valence-corrected chi connectivity index (χ4v) is 4.85. The molecule has 1 aliphatic rings. The van der Waals surface area contributed by atoms with Crippen LogP contribution < -0.4 is 9.46 Å². The van der Waals surface area contributed by atoms with E-state index in [-0.39, 0.29) is 29.7 Å². The first kappa shape index (κ1) is 18.9. The van der Waals surface area contributed by atoms with Gasteiger partial charge in [-0.15, -0.1) is 0 Å². The number of halogens is 1. The topological polar surface area (TPSA) is 81.7 Å². The van der Waals surface area contributed by atoms with Crippen molar-refractivity contribution in [3.63, 3.8) is 0 Å². The molecule has 0 aliphatic carbocycles. The van der Waals surface area contributed by atoms with Crippen LogP contribution >= 0.6 is 15.9 Å². The van der Waals surface area contributed by atoms with Gasteiger partial charge in [0.15, 0.2) is 0 Å². The molecule has 0 saturated heterocycles. The zero-order valence-corrected chi connectivity index (χ0v) is 16.5. The highest BCUT2D eigenvalue weighted by Gasteiger charge is 2.26. The average Bonchev–Trinajstić information content (AvgIpc) is 3.03. The molecule has 0 bridgehead atoms. The first-order chi connectivity index (χ1) is 12.4. The van der Waals surface area contributed by atoms with Crippen LogP contribution in [0.4, 0.5) is 0 Å². The summed E-state index contributed by atoms with van der Waals surface area (Å²) in [5.41, 5.74) is 1.35. The van der Waals surface area contributed by atoms with E-state index in [0.717, 1.165) is 11.3 Å². The monoisotopic (exact) mass is 439 g/mol. The number of esters is 1. The smallest absolute Gasteiger partial charge is 0.338 e. The van der Waals surface area contributed by atoms with Crippen LogP contribution in [0.2, 0.25) is 0 Å². The number of fused-ring (bicyclic) bond motifs is 1. The van der Waals surface area contributed by atoms with E-state index in [0.29, 0.717) is 10.9 Å². The highest BCUT2D eigenvalue weighted by Crippen LogP contribution is 2.28. The predicted octanol–water partition coefficient (Wildman–Crippen LogP) is 2.91. The van der Waals surface area contributed by atoms with E-state index in [1.54, 1.807) is 6.92 Å². The molecule has 2 aromatic rings. The van der Waals surface area contributed by atoms with Gasteiger partial charge >= 0.3 is 5.97 Å². The summed E-state index contributed by atoms with van der Waals surface area (Å²) in [5.74, 6) is 0.291. The molecule has 1 N–H and O–H groups in total. The van der Waals surface area contributed by atoms with Crippen LogP contribution in [0, 0.1) is 0 Å². The molecule has 0 fully saturated rings. The molecule has 0 radical (unpaired) electrons. The maximum absolute atomic E-state index is 12.6. The molecule has 138 valence electrons. The molecule has 0 spiro atoms. The Morgan fingerprint density at radius 2 is 2.08 bits per heavy atom. The number of ether oxygens (including phenoxy) is 2. The van der Waals surface area contributed by atoms with Crippen LogP contribution in [0.3, 0.4) is 0 Å². The molecule has 26 heavy (non-hydrogen) atoms. The number of para-hydroxylation sites is 1. The Balaban J connectivity index is 1.68. The summed E-state index contributed by atoms with van der Waals surface area (Å²) in [7, 11) is -3.75. The van der Waals surface area contributed by atoms with Crippen LogP contribution in [0.15, 0.2) is 51.8 Å². The summed E-state index contributed by atoms with van der Waals surface area (Å²) < 4.78 is 38.7. The molecule has 0 aromatic heterocycles. The van der Waals surface area contributed by atoms with Crippen molar-refractivity contribution in [1.82, 2.24) is 4.72 Å². The minimum atomic E-state index is -3.75. The van der Waals surface area contributed by atoms with E-state index in [1.165, 1.54) is 18.2 Å². The number of rotatable bonds is 6. The van der Waals surface area contributed by atoms with E-state index in [1.807, 2.05) is 24.3 Å². The normalized spacial score (nSPS) is 16.0. The fraction of sp³-hybridized carbons (Fsp3) is 0.278. The Morgan fingerprint density at radius 3 is 2.77 bits per heavy atom. The van der Waals surface area contributed by atoms with Crippen molar-refractivity contribution in [1.29, 1.82) is 0 Å². The number of sulfonamides is 1. The van der Waals surface area contributed by atoms with Gasteiger partial charge in [-0.1, -0.05) is 18.2 Å². The third-order valence-corrected chi connectivity index (χ3v) is 6.35. The fourth-order valence-electron chi connectivity index (χ4n) is 2.71. The van der Waals surface area contributed by atoms with Gasteiger partial charge < -0.3 is 9.47 Å². The van der Waals surface area contributed by atoms with Gasteiger partial charge in [0, 0.05) is 17.4 Å². The van der Waals surface area contributed by atoms with Crippen molar-refractivity contribution in [2.45, 2.75) is 24.3 Å². The number of carbonyl (C=O) groups is 1. The molecule has 1 atom stereocenters. The molecule has 1 heterocycles. The molecule has 0 saturated carbocycles. The highest BCUT2D eigenvalue weighted by molar-refractivity contribution is 9.10. The minimum Gasteiger partial charge on any atom is -0.488 e. The molecule has 2 aromatic carbocycles. The first-order valence-electron chi connectivity index (χ1n) is 8.11. The van der Waals surface area contributed by atoms with Gasteiger partial charge in [-0.05, 0) is 52.7 Å². The molecular formula is C18H18BrNO5S. The molecule has 1 unspecified atom stereocenters. The van der Waals surface area contributed by atoms with Gasteiger partial charge in [0.25, 0.3) is 0 Å². The summed E-state index contributed by atoms with van der Waals surface area (Å²) in [5, 5.41) is 0. The Labute approximate surface area is 160 Å². The lowest BCUT2D eigenvalue weighted by atomic mass is 10.1. The zero-order chi connectivity index (χ0) is 18.7. The first-order valence-corrected chi connectivity index (χ1v) is 10.4. The molecular weight excluding hydrogens is 422 g/mol. The summed E-state index contributed by atoms with van der Waals surface area (Å²) in [6.45, 7) is 2.12. The Morgan fingerprint density at radius 1 is 1.31 bits per heavy atom. The van der Waals surface area contributed by atoms with E-state index < -0.39 is 16.0 Å². The van der Waals surface area contributed by atoms with Crippen LogP contribution in [-0.2, 0) is 21.2 Å². The van der Waals surface area contributed by atoms with Crippen molar-refractivity contribution in [2.75, 3.05) is 13.2 Å². The van der Waals surface area contributed by atoms with Crippen molar-refractivity contribution in [2.24, 2.45) is 0 Å². The predicted molar refractivity (Wildman–Crippen MR) is 99.8 cm³/mol. The quantitative estimate of drug-likeness (QED) is 0.699. The SMILES string of the molecule is CCOC(=O)c1ccc(S(=O)(=O)NCC2Cc3ccccc3O2)c(Br)c1. The van der Waals surface area contributed by atoms with E-state index in [4.69, 9.17) is 9.47 Å². The van der Waals surface area contributed by atoms with Gasteiger partial charge in [0.2, 0.25) is 10.0 Å². The van der Waals surface area contributed by atoms with Crippen molar-refractivity contribution in [3.8, 4) is 5.75 Å². The standard InChI is InChI=1S/C18H18BrNO5S/c1-2-24-18(21)13-7-8-17(15(19)10-13)26(22,23)20-11-14-9-12-5-3-4-6-16(12)25-14/h3-8,10,14,20H,2,9,11H2,1H3. The summed E-state index contributed by atoms with van der Waals surface area (Å²) >= 11 is 3.22. The number of hydrogen-bond donors (Lipinski definition) is 1. The maximum Gasteiger partial charge on any atom is 0.338 e. The molecule has 0 amide bonds. The Hall–Kier alpha value is -1.90. The lowest BCUT2D eigenvalue weighted by molar-refractivity contribution is 0.0526. The van der Waals surface area contributed by atoms with Crippen molar-refractivity contribution < 1.29 is 22.7 Å². The minimum absolute atomic E-state index is 0.0565. The molecule has 8 heteroatoms. The summed E-state index contributed by atoms with van der Waals surface area (Å²) in [4.78, 5) is 11.8. The number of benzene rings is 2. The number of nitrogens with one attached hydrogen (secondary N) is 1. The van der Waals surface area contributed by atoms with E-state index in [9.17, 15) is 13.2 Å². The number of carbonyl (C=O) groups excluding carboxylic acids is 1. The Bertz CT molecular complexity index is 904. The highest BCUT2D eigenvalue weighted by atomic mass is 79.9. The second kappa shape index (κ2) is 7.77. The summed E-state index contributed by atoms with van der Waals surface area (Å²) in [6, 6.07) is 11.9. The maximum atomic E-state index is 12.6. The van der Waals surface area contributed by atoms with Crippen molar-refractivity contribution >= 4 is 31.9 Å². The van der Waals surface area contributed by atoms with Gasteiger partial charge in [-0.2, -0.15) is 0 Å². The third-order valence-electron chi connectivity index (χ3n) is 3.95. The largest absolute Gasteiger partial charge is 0.488 e. The molecule has 1 aliphatic heterocycles. The Kier molecular flexibility index (Phi) is 5.64.